The summed E-state index contributed by atoms with van der Waals surface area (Å²) >= 11 is 0. The van der Waals surface area contributed by atoms with E-state index in [-0.39, 0.29) is 0 Å². The van der Waals surface area contributed by atoms with Crippen molar-refractivity contribution in [3.05, 3.63) is 91.0 Å². The summed E-state index contributed by atoms with van der Waals surface area (Å²) in [4.78, 5) is 0. The minimum atomic E-state index is -3.07. The Morgan fingerprint density at radius 1 is 0.609 bits per heavy atom. The predicted molar refractivity (Wildman–Crippen MR) is 97.4 cm³/mol. The van der Waals surface area contributed by atoms with Gasteiger partial charge in [0.1, 0.15) is 0 Å². The van der Waals surface area contributed by atoms with Gasteiger partial charge in [0.05, 0.1) is 0 Å². The Morgan fingerprint density at radius 3 is 1.17 bits per heavy atom. The maximum atomic E-state index is 15.2. The molecule has 0 heterocycles. The van der Waals surface area contributed by atoms with Gasteiger partial charge in [0.15, 0.2) is 0 Å². The Bertz CT molecular complexity index is 633. The fourth-order valence-electron chi connectivity index (χ4n) is 3.26. The van der Waals surface area contributed by atoms with Crippen molar-refractivity contribution in [1.29, 1.82) is 0 Å². The van der Waals surface area contributed by atoms with Crippen molar-refractivity contribution >= 4 is 23.2 Å². The molecule has 0 nitrogen and oxygen atoms in total. The van der Waals surface area contributed by atoms with Crippen LogP contribution in [0.1, 0.15) is 0 Å². The van der Waals surface area contributed by atoms with Crippen molar-refractivity contribution in [3.8, 4) is 0 Å². The van der Waals surface area contributed by atoms with E-state index in [1.165, 1.54) is 0 Å². The van der Waals surface area contributed by atoms with Gasteiger partial charge in [-0.05, 0) is 0 Å². The van der Waals surface area contributed by atoms with Gasteiger partial charge in [0, 0.05) is 0 Å². The molecular weight excluding hydrogens is 309 g/mol. The molecule has 3 rings (SSSR count). The Balaban J connectivity index is 2.35. The van der Waals surface area contributed by atoms with Crippen LogP contribution in [0.15, 0.2) is 91.0 Å². The van der Waals surface area contributed by atoms with Gasteiger partial charge >= 0.3 is 136 Å². The average molecular weight is 328 g/mol. The SMILES string of the molecule is FCC(F)[PH](c1ccccc1)(c1ccccc1)c1ccccc1. The molecule has 1 atom stereocenters. The van der Waals surface area contributed by atoms with Gasteiger partial charge in [-0.25, -0.2) is 0 Å². The van der Waals surface area contributed by atoms with Gasteiger partial charge in [0.2, 0.25) is 0 Å². The van der Waals surface area contributed by atoms with Crippen molar-refractivity contribution < 1.29 is 8.78 Å². The molecular formula is C20H19F2P. The molecule has 3 heteroatoms. The van der Waals surface area contributed by atoms with Crippen LogP contribution in [0.5, 0.6) is 0 Å². The second-order valence-electron chi connectivity index (χ2n) is 5.53. The van der Waals surface area contributed by atoms with Crippen LogP contribution in [0.25, 0.3) is 0 Å². The maximum absolute atomic E-state index is 15.2. The van der Waals surface area contributed by atoms with Crippen molar-refractivity contribution in [3.63, 3.8) is 0 Å². The Hall–Kier alpha value is -2.05. The molecule has 0 fully saturated rings. The first-order chi connectivity index (χ1) is 11.3. The number of halogens is 2. The molecule has 0 N–H and O–H groups in total. The van der Waals surface area contributed by atoms with Crippen LogP contribution >= 0.6 is 7.26 Å². The summed E-state index contributed by atoms with van der Waals surface area (Å²) in [7, 11) is -3.07. The van der Waals surface area contributed by atoms with E-state index in [1.807, 2.05) is 91.0 Å². The van der Waals surface area contributed by atoms with Gasteiger partial charge in [-0.2, -0.15) is 0 Å². The van der Waals surface area contributed by atoms with E-state index in [9.17, 15) is 4.39 Å². The summed E-state index contributed by atoms with van der Waals surface area (Å²) < 4.78 is 28.8. The summed E-state index contributed by atoms with van der Waals surface area (Å²) in [6, 6.07) is 28.6. The average Bonchev–Trinajstić information content (AvgIpc) is 2.65. The molecule has 1 unspecified atom stereocenters. The quantitative estimate of drug-likeness (QED) is 0.622. The zero-order chi connectivity index (χ0) is 16.1. The molecule has 0 saturated carbocycles. The first-order valence-electron chi connectivity index (χ1n) is 7.66. The van der Waals surface area contributed by atoms with Crippen LogP contribution < -0.4 is 15.9 Å². The third-order valence-electron chi connectivity index (χ3n) is 4.29. The molecule has 23 heavy (non-hydrogen) atoms. The van der Waals surface area contributed by atoms with Gasteiger partial charge < -0.3 is 0 Å². The number of hydrogen-bond donors (Lipinski definition) is 0. The van der Waals surface area contributed by atoms with Gasteiger partial charge in [-0.15, -0.1) is 0 Å². The Kier molecular flexibility index (Phi) is 4.83. The number of alkyl halides is 2. The molecule has 0 saturated heterocycles. The zero-order valence-electron chi connectivity index (χ0n) is 12.7. The summed E-state index contributed by atoms with van der Waals surface area (Å²) in [6.07, 6.45) is 0. The number of benzene rings is 3. The molecule has 3 aromatic carbocycles. The summed E-state index contributed by atoms with van der Waals surface area (Å²) in [5.74, 6) is -1.53. The molecule has 0 radical (unpaired) electrons. The van der Waals surface area contributed by atoms with E-state index in [2.05, 4.69) is 0 Å². The molecule has 0 aliphatic carbocycles. The molecule has 0 aliphatic heterocycles. The van der Waals surface area contributed by atoms with Crippen molar-refractivity contribution in [1.82, 2.24) is 0 Å². The molecule has 0 amide bonds. The van der Waals surface area contributed by atoms with E-state index in [0.717, 1.165) is 15.9 Å². The third-order valence-corrected chi connectivity index (χ3v) is 9.12. The van der Waals surface area contributed by atoms with Crippen LogP contribution in [0, 0.1) is 0 Å². The second kappa shape index (κ2) is 7.02. The summed E-state index contributed by atoms with van der Waals surface area (Å²) in [5.41, 5.74) is 0. The zero-order valence-corrected chi connectivity index (χ0v) is 13.7. The van der Waals surface area contributed by atoms with Gasteiger partial charge in [0.25, 0.3) is 0 Å². The van der Waals surface area contributed by atoms with E-state index in [0.29, 0.717) is 0 Å². The van der Waals surface area contributed by atoms with Crippen LogP contribution in [0.4, 0.5) is 8.78 Å². The molecule has 0 bridgehead atoms. The molecule has 3 aromatic rings. The van der Waals surface area contributed by atoms with Crippen LogP contribution in [0.3, 0.4) is 0 Å². The second-order valence-corrected chi connectivity index (χ2v) is 9.50. The standard InChI is InChI=1S/C20H19F2P/c21-16-20(22)23(17-10-4-1-5-11-17,18-12-6-2-7-13-18)19-14-8-3-9-15-19/h1-15,20,23H,16H2. The monoisotopic (exact) mass is 328 g/mol. The predicted octanol–water partition coefficient (Wildman–Crippen LogP) is 3.98. The first-order valence-corrected chi connectivity index (χ1v) is 9.74. The van der Waals surface area contributed by atoms with Crippen LogP contribution in [-0.4, -0.2) is 12.6 Å². The molecule has 0 aliphatic rings. The van der Waals surface area contributed by atoms with Crippen molar-refractivity contribution in [2.24, 2.45) is 0 Å². The Labute approximate surface area is 136 Å². The van der Waals surface area contributed by atoms with Crippen molar-refractivity contribution in [2.45, 2.75) is 5.91 Å². The van der Waals surface area contributed by atoms with E-state index >= 15 is 4.39 Å². The third kappa shape index (κ3) is 2.80. The van der Waals surface area contributed by atoms with Crippen LogP contribution in [0.2, 0.25) is 0 Å². The normalized spacial score (nSPS) is 13.5. The number of hydrogen-bond acceptors (Lipinski definition) is 0. The summed E-state index contributed by atoms with van der Waals surface area (Å²) in [6.45, 7) is -0.981. The van der Waals surface area contributed by atoms with E-state index < -0.39 is 19.8 Å². The van der Waals surface area contributed by atoms with E-state index in [4.69, 9.17) is 0 Å². The van der Waals surface area contributed by atoms with Crippen LogP contribution in [-0.2, 0) is 0 Å². The minimum absolute atomic E-state index is 0.891. The van der Waals surface area contributed by atoms with E-state index in [1.54, 1.807) is 0 Å². The first kappa shape index (κ1) is 15.8. The topological polar surface area (TPSA) is 0 Å². The molecule has 118 valence electrons. The molecule has 0 spiro atoms. The van der Waals surface area contributed by atoms with Gasteiger partial charge in [-0.3, -0.25) is 0 Å². The Morgan fingerprint density at radius 2 is 0.913 bits per heavy atom. The summed E-state index contributed by atoms with van der Waals surface area (Å²) in [5, 5.41) is 2.67. The van der Waals surface area contributed by atoms with Crippen molar-refractivity contribution in [2.75, 3.05) is 6.67 Å². The fraction of sp³-hybridized carbons (Fsp3) is 0.100. The van der Waals surface area contributed by atoms with Gasteiger partial charge in [-0.1, -0.05) is 0 Å². The molecule has 0 aromatic heterocycles. The number of rotatable bonds is 5. The fourth-order valence-corrected chi connectivity index (χ4v) is 7.73.